The van der Waals surface area contributed by atoms with E-state index in [0.717, 1.165) is 15.7 Å². The topological polar surface area (TPSA) is 120 Å². The third kappa shape index (κ3) is 4.44. The predicted octanol–water partition coefficient (Wildman–Crippen LogP) is 1.29. The van der Waals surface area contributed by atoms with E-state index in [0.29, 0.717) is 11.5 Å². The minimum Gasteiger partial charge on any atom is -0.497 e. The maximum atomic E-state index is 13.3. The lowest BCUT2D eigenvalue weighted by Gasteiger charge is -2.40. The van der Waals surface area contributed by atoms with Gasteiger partial charge in [-0.25, -0.2) is 21.6 Å². The van der Waals surface area contributed by atoms with Crippen LogP contribution in [0.1, 0.15) is 6.42 Å². The molecule has 1 saturated heterocycles. The summed E-state index contributed by atoms with van der Waals surface area (Å²) >= 11 is 0. The number of rotatable bonds is 7. The molecule has 0 bridgehead atoms. The monoisotopic (exact) mass is 484 g/mol. The second-order valence-corrected chi connectivity index (χ2v) is 10.6. The zero-order valence-electron chi connectivity index (χ0n) is 17.8. The van der Waals surface area contributed by atoms with Crippen LogP contribution in [0, 0.1) is 0 Å². The quantitative estimate of drug-likeness (QED) is 0.539. The number of methoxy groups -OCH3 is 3. The van der Waals surface area contributed by atoms with Crippen molar-refractivity contribution >= 4 is 26.0 Å². The van der Waals surface area contributed by atoms with Gasteiger partial charge < -0.3 is 14.2 Å². The molecule has 0 amide bonds. The Bertz CT molecular complexity index is 1080. The van der Waals surface area contributed by atoms with Gasteiger partial charge in [0.15, 0.2) is 6.17 Å². The minimum atomic E-state index is -4.23. The summed E-state index contributed by atoms with van der Waals surface area (Å²) in [6.45, 7) is -0.106. The Hall–Kier alpha value is -2.67. The molecule has 0 atom stereocenters. The highest BCUT2D eigenvalue weighted by atomic mass is 32.2. The van der Waals surface area contributed by atoms with Gasteiger partial charge in [-0.2, -0.15) is 8.61 Å². The number of hydrogen-bond donors (Lipinski definition) is 0. The summed E-state index contributed by atoms with van der Waals surface area (Å²) in [6, 6.07) is 11.2. The summed E-state index contributed by atoms with van der Waals surface area (Å²) in [6.07, 6.45) is -1.49. The fourth-order valence-electron chi connectivity index (χ4n) is 3.38. The molecule has 0 N–H and O–H groups in total. The number of benzene rings is 2. The van der Waals surface area contributed by atoms with E-state index in [1.165, 1.54) is 62.8 Å². The molecule has 1 heterocycles. The fourth-order valence-corrected chi connectivity index (χ4v) is 6.61. The van der Waals surface area contributed by atoms with Gasteiger partial charge in [0, 0.05) is 13.1 Å². The molecule has 1 fully saturated rings. The smallest absolute Gasteiger partial charge is 0.340 e. The van der Waals surface area contributed by atoms with E-state index >= 15 is 0 Å². The lowest BCUT2D eigenvalue weighted by Crippen LogP contribution is -2.61. The number of carbonyl (C=O) groups excluding carboxylic acids is 1. The van der Waals surface area contributed by atoms with E-state index in [1.807, 2.05) is 0 Å². The van der Waals surface area contributed by atoms with Crippen LogP contribution in [0.15, 0.2) is 58.3 Å². The van der Waals surface area contributed by atoms with Crippen LogP contribution in [0.2, 0.25) is 0 Å². The van der Waals surface area contributed by atoms with Gasteiger partial charge in [0.1, 0.15) is 11.5 Å². The molecule has 0 unspecified atom stereocenters. The van der Waals surface area contributed by atoms with Crippen molar-refractivity contribution in [1.82, 2.24) is 8.61 Å². The van der Waals surface area contributed by atoms with Gasteiger partial charge in [-0.1, -0.05) is 0 Å². The lowest BCUT2D eigenvalue weighted by molar-refractivity contribution is -0.150. The first-order valence-corrected chi connectivity index (χ1v) is 12.4. The lowest BCUT2D eigenvalue weighted by atomic mass is 10.3. The molecule has 0 saturated carbocycles. The number of esters is 1. The van der Waals surface area contributed by atoms with Crippen LogP contribution in [0.3, 0.4) is 0 Å². The van der Waals surface area contributed by atoms with Gasteiger partial charge in [-0.05, 0) is 55.0 Å². The van der Waals surface area contributed by atoms with Crippen molar-refractivity contribution in [3.05, 3.63) is 48.5 Å². The summed E-state index contributed by atoms with van der Waals surface area (Å²) in [7, 11) is -4.48. The third-order valence-electron chi connectivity index (χ3n) is 5.05. The number of sulfonamides is 2. The molecule has 3 rings (SSSR count). The zero-order chi connectivity index (χ0) is 23.5. The van der Waals surface area contributed by atoms with Crippen LogP contribution in [0.4, 0.5) is 0 Å². The van der Waals surface area contributed by atoms with Gasteiger partial charge >= 0.3 is 5.97 Å². The molecule has 0 aromatic heterocycles. The van der Waals surface area contributed by atoms with Gasteiger partial charge in [0.25, 0.3) is 0 Å². The van der Waals surface area contributed by atoms with Gasteiger partial charge in [0.05, 0.1) is 31.1 Å². The summed E-state index contributed by atoms with van der Waals surface area (Å²) in [5.41, 5.74) is 0. The van der Waals surface area contributed by atoms with Crippen LogP contribution in [-0.2, 0) is 29.6 Å². The Labute approximate surface area is 187 Å². The van der Waals surface area contributed by atoms with Crippen molar-refractivity contribution in [1.29, 1.82) is 0 Å². The van der Waals surface area contributed by atoms with E-state index < -0.39 is 32.2 Å². The largest absolute Gasteiger partial charge is 0.497 e. The summed E-state index contributed by atoms with van der Waals surface area (Å²) in [4.78, 5) is 12.5. The highest BCUT2D eigenvalue weighted by molar-refractivity contribution is 7.90. The minimum absolute atomic E-state index is 0.0528. The Kier molecular flexibility index (Phi) is 7.08. The van der Waals surface area contributed by atoms with E-state index in [-0.39, 0.29) is 29.3 Å². The Morgan fingerprint density at radius 2 is 1.12 bits per heavy atom. The molecule has 0 radical (unpaired) electrons. The van der Waals surface area contributed by atoms with Crippen molar-refractivity contribution in [2.45, 2.75) is 22.4 Å². The van der Waals surface area contributed by atoms with Crippen LogP contribution in [0.25, 0.3) is 0 Å². The van der Waals surface area contributed by atoms with Crippen molar-refractivity contribution in [2.75, 3.05) is 34.4 Å². The Balaban J connectivity index is 2.05. The zero-order valence-corrected chi connectivity index (χ0v) is 19.4. The van der Waals surface area contributed by atoms with Crippen molar-refractivity contribution in [3.8, 4) is 11.5 Å². The molecule has 12 heteroatoms. The highest BCUT2D eigenvalue weighted by Crippen LogP contribution is 2.30. The summed E-state index contributed by atoms with van der Waals surface area (Å²) in [5, 5.41) is 0. The number of nitrogens with zero attached hydrogens (tertiary/aromatic N) is 2. The first kappa shape index (κ1) is 24.0. The van der Waals surface area contributed by atoms with E-state index in [9.17, 15) is 21.6 Å². The standard InChI is InChI=1S/C20H24N2O8S2/c1-28-15-5-9-17(10-6-15)31(24,25)21-13-4-14-22(19(21)20(23)30-3)32(26,27)18-11-7-16(29-2)8-12-18/h5-12,19H,4,13-14H2,1-3H3. The normalized spacial score (nSPS) is 16.5. The maximum Gasteiger partial charge on any atom is 0.340 e. The van der Waals surface area contributed by atoms with Gasteiger partial charge in [0.2, 0.25) is 20.0 Å². The van der Waals surface area contributed by atoms with E-state index in [2.05, 4.69) is 0 Å². The van der Waals surface area contributed by atoms with E-state index in [1.54, 1.807) is 0 Å². The molecule has 32 heavy (non-hydrogen) atoms. The second-order valence-electron chi connectivity index (χ2n) is 6.83. The molecule has 2 aromatic carbocycles. The molecule has 174 valence electrons. The summed E-state index contributed by atoms with van der Waals surface area (Å²) < 4.78 is 70.0. The number of carbonyl (C=O) groups is 1. The number of ether oxygens (including phenoxy) is 3. The van der Waals surface area contributed by atoms with E-state index in [4.69, 9.17) is 14.2 Å². The van der Waals surface area contributed by atoms with Crippen LogP contribution in [0.5, 0.6) is 11.5 Å². The highest BCUT2D eigenvalue weighted by Gasteiger charge is 2.47. The molecule has 1 aliphatic heterocycles. The van der Waals surface area contributed by atoms with Crippen molar-refractivity contribution < 1.29 is 35.8 Å². The van der Waals surface area contributed by atoms with Gasteiger partial charge in [-0.3, -0.25) is 0 Å². The number of hydrogen-bond acceptors (Lipinski definition) is 8. The fraction of sp³-hybridized carbons (Fsp3) is 0.350. The van der Waals surface area contributed by atoms with Crippen molar-refractivity contribution in [3.63, 3.8) is 0 Å². The summed E-state index contributed by atoms with van der Waals surface area (Å²) in [5.74, 6) is -0.0921. The van der Waals surface area contributed by atoms with Gasteiger partial charge in [-0.15, -0.1) is 0 Å². The molecule has 1 aliphatic rings. The average Bonchev–Trinajstić information content (AvgIpc) is 2.83. The molecule has 0 spiro atoms. The average molecular weight is 485 g/mol. The predicted molar refractivity (Wildman–Crippen MR) is 114 cm³/mol. The maximum absolute atomic E-state index is 13.3. The SMILES string of the molecule is COC(=O)C1N(S(=O)(=O)c2ccc(OC)cc2)CCCN1S(=O)(=O)c1ccc(OC)cc1. The van der Waals surface area contributed by atoms with Crippen LogP contribution >= 0.6 is 0 Å². The van der Waals surface area contributed by atoms with Crippen LogP contribution < -0.4 is 9.47 Å². The first-order chi connectivity index (χ1) is 15.2. The molecule has 2 aromatic rings. The molecular weight excluding hydrogens is 460 g/mol. The Morgan fingerprint density at radius 3 is 1.44 bits per heavy atom. The van der Waals surface area contributed by atoms with Crippen LogP contribution in [-0.4, -0.2) is 72.0 Å². The molecule has 10 nitrogen and oxygen atoms in total. The first-order valence-electron chi connectivity index (χ1n) is 9.56. The van der Waals surface area contributed by atoms with Crippen molar-refractivity contribution in [2.24, 2.45) is 0 Å². The third-order valence-corrected chi connectivity index (χ3v) is 8.78. The molecular formula is C20H24N2O8S2. The second kappa shape index (κ2) is 9.45. The molecule has 0 aliphatic carbocycles. The Morgan fingerprint density at radius 1 is 0.750 bits per heavy atom.